The number of hydrogen-bond donors (Lipinski definition) is 4. The quantitative estimate of drug-likeness (QED) is 0.135. The number of carbonyl (C=O) groups is 1. The molecule has 0 aromatic rings. The number of nitrogens with zero attached hydrogens (tertiary/aromatic N) is 1. The third-order valence-electron chi connectivity index (χ3n) is 3.33. The van der Waals surface area contributed by atoms with Gasteiger partial charge in [0.05, 0.1) is 11.4 Å². The van der Waals surface area contributed by atoms with Crippen LogP contribution in [0.2, 0.25) is 0 Å². The van der Waals surface area contributed by atoms with Crippen LogP contribution in [0, 0.1) is 0 Å². The van der Waals surface area contributed by atoms with E-state index in [1.54, 1.807) is 0 Å². The lowest BCUT2D eigenvalue weighted by atomic mass is 10.1. The Morgan fingerprint density at radius 2 is 2.14 bits per heavy atom. The summed E-state index contributed by atoms with van der Waals surface area (Å²) in [6.45, 7) is 0.608. The van der Waals surface area contributed by atoms with Crippen LogP contribution in [0.15, 0.2) is 36.0 Å². The fraction of sp³-hybridized carbons (Fsp3) is 0.533. The lowest BCUT2D eigenvalue weighted by Crippen LogP contribution is -2.51. The van der Waals surface area contributed by atoms with Gasteiger partial charge in [0.25, 0.3) is 5.91 Å². The van der Waals surface area contributed by atoms with Gasteiger partial charge in [-0.15, -0.1) is 0 Å². The second-order valence-corrected chi connectivity index (χ2v) is 5.73. The highest BCUT2D eigenvalue weighted by Gasteiger charge is 2.23. The molecule has 0 bridgehead atoms. The molecule has 0 heterocycles. The molecule has 1 rings (SSSR count). The Morgan fingerprint density at radius 3 is 2.86 bits per heavy atom. The molecular weight excluding hydrogens is 284 g/mol. The molecule has 0 aromatic heterocycles. The summed E-state index contributed by atoms with van der Waals surface area (Å²) in [5.41, 5.74) is 12.4. The highest BCUT2D eigenvalue weighted by molar-refractivity contribution is 7.80. The predicted octanol–water partition coefficient (Wildman–Crippen LogP) is 1.23. The first-order valence-electron chi connectivity index (χ1n) is 7.30. The van der Waals surface area contributed by atoms with Gasteiger partial charge in [-0.05, 0) is 31.4 Å². The standard InChI is InChI=1S/C15H26N4OS/c16-10-6-5-9-13(17)15(20)19(18)14(21)11-12-7-3-1-2-4-8-12/h1,3-4,7-8,13-14,21H,2,5-6,9-11,16-18H2/t13-,14-/m0/s1. The zero-order valence-electron chi connectivity index (χ0n) is 12.3. The summed E-state index contributed by atoms with van der Waals surface area (Å²) in [6, 6.07) is -0.588. The maximum absolute atomic E-state index is 12.1. The van der Waals surface area contributed by atoms with Gasteiger partial charge in [0, 0.05) is 6.42 Å². The molecule has 6 N–H and O–H groups in total. The molecule has 0 radical (unpaired) electrons. The van der Waals surface area contributed by atoms with Crippen LogP contribution < -0.4 is 17.3 Å². The van der Waals surface area contributed by atoms with E-state index in [1.807, 2.05) is 18.2 Å². The molecule has 6 heteroatoms. The summed E-state index contributed by atoms with van der Waals surface area (Å²) in [5, 5.41) is 0.750. The minimum Gasteiger partial charge on any atom is -0.330 e. The lowest BCUT2D eigenvalue weighted by Gasteiger charge is -2.26. The number of allylic oxidation sites excluding steroid dienone is 5. The van der Waals surface area contributed by atoms with Crippen molar-refractivity contribution in [3.63, 3.8) is 0 Å². The van der Waals surface area contributed by atoms with Crippen molar-refractivity contribution in [1.82, 2.24) is 5.01 Å². The van der Waals surface area contributed by atoms with Gasteiger partial charge in [0.1, 0.15) is 0 Å². The summed E-state index contributed by atoms with van der Waals surface area (Å²) in [5.74, 6) is 5.58. The van der Waals surface area contributed by atoms with Gasteiger partial charge in [0.15, 0.2) is 0 Å². The zero-order chi connectivity index (χ0) is 15.7. The molecule has 2 atom stereocenters. The largest absolute Gasteiger partial charge is 0.330 e. The second-order valence-electron chi connectivity index (χ2n) is 5.13. The van der Waals surface area contributed by atoms with E-state index >= 15 is 0 Å². The van der Waals surface area contributed by atoms with E-state index in [0.717, 1.165) is 29.8 Å². The SMILES string of the molecule is NCCCC[C@H](N)C(=O)N(N)[C@@H](S)CC1=CC=CCC=C1. The third kappa shape index (κ3) is 6.48. The maximum Gasteiger partial charge on any atom is 0.254 e. The topological polar surface area (TPSA) is 98.4 Å². The van der Waals surface area contributed by atoms with E-state index in [0.29, 0.717) is 19.4 Å². The maximum atomic E-state index is 12.1. The Morgan fingerprint density at radius 1 is 1.38 bits per heavy atom. The molecule has 1 aliphatic carbocycles. The molecule has 1 aliphatic rings. The molecule has 0 spiro atoms. The van der Waals surface area contributed by atoms with Crippen LogP contribution in [0.1, 0.15) is 32.1 Å². The van der Waals surface area contributed by atoms with Crippen molar-refractivity contribution >= 4 is 18.5 Å². The van der Waals surface area contributed by atoms with Crippen molar-refractivity contribution in [2.75, 3.05) is 6.54 Å². The van der Waals surface area contributed by atoms with E-state index in [1.165, 1.54) is 0 Å². The number of thiol groups is 1. The molecule has 0 aliphatic heterocycles. The second kappa shape index (κ2) is 9.78. The van der Waals surface area contributed by atoms with Crippen molar-refractivity contribution in [2.24, 2.45) is 17.3 Å². The average Bonchev–Trinajstić information content (AvgIpc) is 2.74. The number of unbranched alkanes of at least 4 members (excludes halogenated alkanes) is 1. The fourth-order valence-corrected chi connectivity index (χ4v) is 2.36. The number of nitrogens with two attached hydrogens (primary N) is 3. The van der Waals surface area contributed by atoms with Crippen LogP contribution in [0.3, 0.4) is 0 Å². The lowest BCUT2D eigenvalue weighted by molar-refractivity contribution is -0.133. The molecule has 0 saturated heterocycles. The monoisotopic (exact) mass is 310 g/mol. The van der Waals surface area contributed by atoms with Gasteiger partial charge in [-0.3, -0.25) is 9.80 Å². The first kappa shape index (κ1) is 18.0. The van der Waals surface area contributed by atoms with Crippen molar-refractivity contribution in [3.05, 3.63) is 36.0 Å². The Bertz CT molecular complexity index is 420. The molecular formula is C15H26N4OS. The summed E-state index contributed by atoms with van der Waals surface area (Å²) in [4.78, 5) is 12.1. The number of amides is 1. The Kier molecular flexibility index (Phi) is 8.37. The van der Waals surface area contributed by atoms with Crippen LogP contribution in [-0.4, -0.2) is 28.9 Å². The highest BCUT2D eigenvalue weighted by atomic mass is 32.1. The van der Waals surface area contributed by atoms with Crippen LogP contribution in [-0.2, 0) is 4.79 Å². The van der Waals surface area contributed by atoms with Gasteiger partial charge in [-0.1, -0.05) is 36.8 Å². The molecule has 0 saturated carbocycles. The van der Waals surface area contributed by atoms with Crippen LogP contribution in [0.25, 0.3) is 0 Å². The molecule has 1 amide bonds. The van der Waals surface area contributed by atoms with Crippen molar-refractivity contribution < 1.29 is 4.79 Å². The van der Waals surface area contributed by atoms with Crippen LogP contribution in [0.4, 0.5) is 0 Å². The molecule has 0 aromatic carbocycles. The Balaban J connectivity index is 2.48. The van der Waals surface area contributed by atoms with E-state index in [4.69, 9.17) is 17.3 Å². The molecule has 118 valence electrons. The van der Waals surface area contributed by atoms with Gasteiger partial charge >= 0.3 is 0 Å². The molecule has 21 heavy (non-hydrogen) atoms. The Hall–Kier alpha value is -1.08. The van der Waals surface area contributed by atoms with E-state index in [9.17, 15) is 4.79 Å². The van der Waals surface area contributed by atoms with Gasteiger partial charge in [0.2, 0.25) is 0 Å². The average molecular weight is 310 g/mol. The minimum atomic E-state index is -0.588. The van der Waals surface area contributed by atoms with E-state index in [-0.39, 0.29) is 11.3 Å². The van der Waals surface area contributed by atoms with Gasteiger partial charge in [-0.25, -0.2) is 5.84 Å². The molecule has 5 nitrogen and oxygen atoms in total. The minimum absolute atomic E-state index is 0.277. The zero-order valence-corrected chi connectivity index (χ0v) is 13.2. The Labute approximate surface area is 132 Å². The van der Waals surface area contributed by atoms with Crippen molar-refractivity contribution in [3.8, 4) is 0 Å². The third-order valence-corrected chi connectivity index (χ3v) is 3.76. The number of hydrogen-bond acceptors (Lipinski definition) is 5. The van der Waals surface area contributed by atoms with Gasteiger partial charge < -0.3 is 11.5 Å². The predicted molar refractivity (Wildman–Crippen MR) is 90.3 cm³/mol. The van der Waals surface area contributed by atoms with E-state index < -0.39 is 6.04 Å². The molecule has 0 unspecified atom stereocenters. The smallest absolute Gasteiger partial charge is 0.254 e. The summed E-state index contributed by atoms with van der Waals surface area (Å²) in [6.07, 6.45) is 13.9. The highest BCUT2D eigenvalue weighted by Crippen LogP contribution is 2.17. The van der Waals surface area contributed by atoms with Crippen molar-refractivity contribution in [1.29, 1.82) is 0 Å². The molecule has 0 fully saturated rings. The van der Waals surface area contributed by atoms with Crippen LogP contribution in [0.5, 0.6) is 0 Å². The first-order chi connectivity index (χ1) is 10.1. The first-order valence-corrected chi connectivity index (χ1v) is 7.81. The number of hydrazine groups is 1. The normalized spacial score (nSPS) is 17.0. The fourth-order valence-electron chi connectivity index (χ4n) is 2.04. The van der Waals surface area contributed by atoms with Crippen molar-refractivity contribution in [2.45, 2.75) is 43.5 Å². The number of carbonyl (C=O) groups excluding carboxylic acids is 1. The van der Waals surface area contributed by atoms with E-state index in [2.05, 4.69) is 24.8 Å². The summed E-state index contributed by atoms with van der Waals surface area (Å²) in [7, 11) is 0. The number of rotatable bonds is 8. The summed E-state index contributed by atoms with van der Waals surface area (Å²) >= 11 is 4.42. The summed E-state index contributed by atoms with van der Waals surface area (Å²) < 4.78 is 0. The van der Waals surface area contributed by atoms with Gasteiger partial charge in [-0.2, -0.15) is 12.6 Å². The van der Waals surface area contributed by atoms with Crippen LogP contribution >= 0.6 is 12.6 Å².